The number of hydrazone groups is 1. The molecule has 5 nitrogen and oxygen atoms in total. The molecule has 0 aromatic carbocycles. The van der Waals surface area contributed by atoms with Crippen molar-refractivity contribution in [3.8, 4) is 0 Å². The summed E-state index contributed by atoms with van der Waals surface area (Å²) in [6.45, 7) is 0.453. The highest BCUT2D eigenvalue weighted by molar-refractivity contribution is 5.83. The van der Waals surface area contributed by atoms with Gasteiger partial charge in [0.2, 0.25) is 0 Å². The normalized spacial score (nSPS) is 19.9. The van der Waals surface area contributed by atoms with Gasteiger partial charge in [-0.3, -0.25) is 5.43 Å². The quantitative estimate of drug-likeness (QED) is 0.455. The molecule has 0 saturated heterocycles. The Labute approximate surface area is 54.0 Å². The van der Waals surface area contributed by atoms with E-state index in [4.69, 9.17) is 5.73 Å². The molecule has 0 spiro atoms. The van der Waals surface area contributed by atoms with Crippen molar-refractivity contribution < 1.29 is 0 Å². The number of hydrogen-bond acceptors (Lipinski definition) is 5. The predicted molar refractivity (Wildman–Crippen MR) is 35.2 cm³/mol. The Balaban J connectivity index is 2.52. The van der Waals surface area contributed by atoms with Gasteiger partial charge in [-0.05, 0) is 0 Å². The maximum Gasteiger partial charge on any atom is 0.153 e. The molecular weight excluding hydrogens is 118 g/mol. The summed E-state index contributed by atoms with van der Waals surface area (Å²) in [6.07, 6.45) is 0. The minimum Gasteiger partial charge on any atom is -0.324 e. The van der Waals surface area contributed by atoms with E-state index in [0.717, 1.165) is 5.84 Å². The Kier molecular flexibility index (Phi) is 1.54. The van der Waals surface area contributed by atoms with Gasteiger partial charge in [0.25, 0.3) is 0 Å². The van der Waals surface area contributed by atoms with Crippen molar-refractivity contribution in [3.05, 3.63) is 0 Å². The van der Waals surface area contributed by atoms with Crippen LogP contribution < -0.4 is 11.2 Å². The molecule has 9 heavy (non-hydrogen) atoms. The molecule has 0 amide bonds. The van der Waals surface area contributed by atoms with Crippen LogP contribution >= 0.6 is 0 Å². The minimum absolute atomic E-state index is 0.453. The average molecular weight is 129 g/mol. The lowest BCUT2D eigenvalue weighted by Crippen LogP contribution is -2.40. The van der Waals surface area contributed by atoms with E-state index in [-0.39, 0.29) is 0 Å². The summed E-state index contributed by atoms with van der Waals surface area (Å²) >= 11 is 0. The molecular formula is C4H11N5. The topological polar surface area (TPSA) is 56.9 Å². The van der Waals surface area contributed by atoms with E-state index in [2.05, 4.69) is 10.5 Å². The first-order valence-electron chi connectivity index (χ1n) is 2.75. The van der Waals surface area contributed by atoms with Crippen LogP contribution in [0.15, 0.2) is 5.10 Å². The van der Waals surface area contributed by atoms with Crippen molar-refractivity contribution in [2.75, 3.05) is 20.6 Å². The van der Waals surface area contributed by atoms with E-state index in [0.29, 0.717) is 6.54 Å². The molecule has 0 fully saturated rings. The Morgan fingerprint density at radius 2 is 2.33 bits per heavy atom. The van der Waals surface area contributed by atoms with E-state index in [9.17, 15) is 0 Å². The van der Waals surface area contributed by atoms with E-state index < -0.39 is 0 Å². The van der Waals surface area contributed by atoms with Crippen molar-refractivity contribution >= 4 is 5.84 Å². The van der Waals surface area contributed by atoms with Crippen molar-refractivity contribution in [1.29, 1.82) is 0 Å². The number of rotatable bonds is 1. The molecule has 0 unspecified atom stereocenters. The molecule has 3 N–H and O–H groups in total. The van der Waals surface area contributed by atoms with Crippen LogP contribution in [-0.4, -0.2) is 36.7 Å². The molecule has 0 aliphatic carbocycles. The zero-order valence-corrected chi connectivity index (χ0v) is 5.63. The Bertz CT molecular complexity index is 131. The molecule has 0 saturated carbocycles. The monoisotopic (exact) mass is 129 g/mol. The third-order valence-corrected chi connectivity index (χ3v) is 1.18. The summed E-state index contributed by atoms with van der Waals surface area (Å²) in [5, 5.41) is 7.46. The van der Waals surface area contributed by atoms with Gasteiger partial charge in [-0.15, -0.1) is 10.2 Å². The van der Waals surface area contributed by atoms with E-state index in [1.165, 1.54) is 0 Å². The molecule has 52 valence electrons. The largest absolute Gasteiger partial charge is 0.324 e. The fourth-order valence-electron chi connectivity index (χ4n) is 0.610. The maximum atomic E-state index is 5.31. The smallest absolute Gasteiger partial charge is 0.153 e. The fourth-order valence-corrected chi connectivity index (χ4v) is 0.610. The van der Waals surface area contributed by atoms with Crippen molar-refractivity contribution in [3.63, 3.8) is 0 Å². The molecule has 1 heterocycles. The lowest BCUT2D eigenvalue weighted by molar-refractivity contribution is 0.0274. The molecule has 1 rings (SSSR count). The van der Waals surface area contributed by atoms with E-state index in [1.54, 1.807) is 10.2 Å². The Hall–Kier alpha value is -0.810. The SMILES string of the molecule is CN1N=C(CN)NN1C. The van der Waals surface area contributed by atoms with Gasteiger partial charge in [-0.25, -0.2) is 5.12 Å². The third kappa shape index (κ3) is 1.11. The number of amidine groups is 1. The second kappa shape index (κ2) is 2.20. The molecule has 0 atom stereocenters. The van der Waals surface area contributed by atoms with Crippen molar-refractivity contribution in [2.45, 2.75) is 0 Å². The first-order valence-corrected chi connectivity index (χ1v) is 2.75. The fraction of sp³-hybridized carbons (Fsp3) is 0.750. The van der Waals surface area contributed by atoms with Gasteiger partial charge >= 0.3 is 0 Å². The van der Waals surface area contributed by atoms with E-state index >= 15 is 0 Å². The van der Waals surface area contributed by atoms with Crippen LogP contribution in [0, 0.1) is 0 Å². The summed E-state index contributed by atoms with van der Waals surface area (Å²) in [5.74, 6) is 0.792. The average Bonchev–Trinajstić information content (AvgIpc) is 2.13. The van der Waals surface area contributed by atoms with Gasteiger partial charge in [0.05, 0.1) is 6.54 Å². The predicted octanol–water partition coefficient (Wildman–Crippen LogP) is -1.44. The summed E-state index contributed by atoms with van der Waals surface area (Å²) in [5.41, 5.74) is 8.25. The van der Waals surface area contributed by atoms with Crippen LogP contribution in [0.1, 0.15) is 0 Å². The Morgan fingerprint density at radius 3 is 2.56 bits per heavy atom. The van der Waals surface area contributed by atoms with E-state index in [1.807, 2.05) is 14.1 Å². The van der Waals surface area contributed by atoms with Gasteiger partial charge in [0.15, 0.2) is 5.84 Å². The number of hydrogen-bond donors (Lipinski definition) is 2. The van der Waals surface area contributed by atoms with Gasteiger partial charge in [0.1, 0.15) is 0 Å². The molecule has 5 heteroatoms. The Morgan fingerprint density at radius 1 is 1.67 bits per heavy atom. The number of nitrogens with two attached hydrogens (primary N) is 1. The number of nitrogens with one attached hydrogen (secondary N) is 1. The van der Waals surface area contributed by atoms with Crippen molar-refractivity contribution in [2.24, 2.45) is 10.8 Å². The van der Waals surface area contributed by atoms with Crippen LogP contribution in [0.2, 0.25) is 0 Å². The summed E-state index contributed by atoms with van der Waals surface area (Å²) in [6, 6.07) is 0. The van der Waals surface area contributed by atoms with Crippen LogP contribution in [0.5, 0.6) is 0 Å². The molecule has 0 aromatic heterocycles. The van der Waals surface area contributed by atoms with Crippen LogP contribution in [-0.2, 0) is 0 Å². The second-order valence-corrected chi connectivity index (χ2v) is 1.88. The van der Waals surface area contributed by atoms with Crippen LogP contribution in [0.3, 0.4) is 0 Å². The lowest BCUT2D eigenvalue weighted by Gasteiger charge is -2.16. The summed E-state index contributed by atoms with van der Waals surface area (Å²) < 4.78 is 0. The minimum atomic E-state index is 0.453. The van der Waals surface area contributed by atoms with Gasteiger partial charge in [-0.2, -0.15) is 0 Å². The summed E-state index contributed by atoms with van der Waals surface area (Å²) in [4.78, 5) is 0. The van der Waals surface area contributed by atoms with Gasteiger partial charge in [-0.1, -0.05) is 0 Å². The molecule has 1 aliphatic rings. The first kappa shape index (κ1) is 6.31. The highest BCUT2D eigenvalue weighted by Gasteiger charge is 2.12. The van der Waals surface area contributed by atoms with Crippen LogP contribution in [0.25, 0.3) is 0 Å². The standard InChI is InChI=1S/C4H11N5/c1-8-6-4(3-5)7-9(8)2/h3,5H2,1-2H3,(H,6,7). The number of hydrazine groups is 2. The zero-order chi connectivity index (χ0) is 6.85. The lowest BCUT2D eigenvalue weighted by atomic mass is 10.6. The second-order valence-electron chi connectivity index (χ2n) is 1.88. The highest BCUT2D eigenvalue weighted by atomic mass is 15.9. The number of nitrogens with zero attached hydrogens (tertiary/aromatic N) is 3. The van der Waals surface area contributed by atoms with Crippen molar-refractivity contribution in [1.82, 2.24) is 15.7 Å². The first-order chi connectivity index (χ1) is 4.24. The van der Waals surface area contributed by atoms with Gasteiger partial charge < -0.3 is 5.73 Å². The molecule has 0 aromatic rings. The maximum absolute atomic E-state index is 5.31. The molecule has 0 radical (unpaired) electrons. The highest BCUT2D eigenvalue weighted by Crippen LogP contribution is 1.94. The molecule has 0 bridgehead atoms. The van der Waals surface area contributed by atoms with Gasteiger partial charge in [0, 0.05) is 14.1 Å². The third-order valence-electron chi connectivity index (χ3n) is 1.18. The van der Waals surface area contributed by atoms with Crippen LogP contribution in [0.4, 0.5) is 0 Å². The molecule has 1 aliphatic heterocycles. The zero-order valence-electron chi connectivity index (χ0n) is 5.63. The summed E-state index contributed by atoms with van der Waals surface area (Å²) in [7, 11) is 3.71.